The molecule has 4 heteroatoms. The molecule has 0 amide bonds. The molecule has 0 unspecified atom stereocenters. The van der Waals surface area contributed by atoms with Crippen molar-refractivity contribution in [2.24, 2.45) is 0 Å². The van der Waals surface area contributed by atoms with Crippen LogP contribution in [0.5, 0.6) is 0 Å². The Hall–Kier alpha value is -1.81. The SMILES string of the molecule is Nc1ccc2c(c1)nc(C1CC1)n2Cc1cccc(Br)c1. The van der Waals surface area contributed by atoms with Gasteiger partial charge in [-0.1, -0.05) is 28.1 Å². The minimum atomic E-state index is 0.616. The number of nitrogens with zero attached hydrogens (tertiary/aromatic N) is 2. The van der Waals surface area contributed by atoms with E-state index in [9.17, 15) is 0 Å². The van der Waals surface area contributed by atoms with Crippen LogP contribution in [0.25, 0.3) is 11.0 Å². The Morgan fingerprint density at radius 2 is 2.05 bits per heavy atom. The highest BCUT2D eigenvalue weighted by Gasteiger charge is 2.29. The summed E-state index contributed by atoms with van der Waals surface area (Å²) in [5.41, 5.74) is 10.1. The maximum absolute atomic E-state index is 5.89. The summed E-state index contributed by atoms with van der Waals surface area (Å²) in [4.78, 5) is 4.83. The Bertz CT molecular complexity index is 818. The van der Waals surface area contributed by atoms with Gasteiger partial charge in [0.05, 0.1) is 11.0 Å². The number of nitrogens with two attached hydrogens (primary N) is 1. The highest BCUT2D eigenvalue weighted by Crippen LogP contribution is 2.41. The molecule has 0 saturated heterocycles. The normalized spacial score (nSPS) is 14.7. The number of fused-ring (bicyclic) bond motifs is 1. The number of anilines is 1. The number of rotatable bonds is 3. The molecule has 2 aromatic carbocycles. The molecule has 2 N–H and O–H groups in total. The van der Waals surface area contributed by atoms with Gasteiger partial charge in [0.25, 0.3) is 0 Å². The van der Waals surface area contributed by atoms with Crippen molar-refractivity contribution in [3.63, 3.8) is 0 Å². The molecule has 4 rings (SSSR count). The smallest absolute Gasteiger partial charge is 0.113 e. The lowest BCUT2D eigenvalue weighted by atomic mass is 10.2. The van der Waals surface area contributed by atoms with E-state index >= 15 is 0 Å². The molecule has 0 bridgehead atoms. The number of nitrogen functional groups attached to an aromatic ring is 1. The molecule has 0 aliphatic heterocycles. The fourth-order valence-corrected chi connectivity index (χ4v) is 3.25. The predicted molar refractivity (Wildman–Crippen MR) is 89.4 cm³/mol. The van der Waals surface area contributed by atoms with Crippen molar-refractivity contribution in [1.82, 2.24) is 9.55 Å². The van der Waals surface area contributed by atoms with Gasteiger partial charge < -0.3 is 10.3 Å². The second-order valence-corrected chi connectivity index (χ2v) is 6.62. The minimum Gasteiger partial charge on any atom is -0.399 e. The lowest BCUT2D eigenvalue weighted by Crippen LogP contribution is -2.04. The zero-order valence-corrected chi connectivity index (χ0v) is 13.2. The number of benzene rings is 2. The van der Waals surface area contributed by atoms with Gasteiger partial charge >= 0.3 is 0 Å². The van der Waals surface area contributed by atoms with E-state index in [-0.39, 0.29) is 0 Å². The van der Waals surface area contributed by atoms with Crippen LogP contribution >= 0.6 is 15.9 Å². The summed E-state index contributed by atoms with van der Waals surface area (Å²) in [6.07, 6.45) is 2.49. The Balaban J connectivity index is 1.84. The Labute approximate surface area is 131 Å². The zero-order chi connectivity index (χ0) is 14.4. The lowest BCUT2D eigenvalue weighted by Gasteiger charge is -2.09. The van der Waals surface area contributed by atoms with Gasteiger partial charge in [0.15, 0.2) is 0 Å². The molecule has 106 valence electrons. The van der Waals surface area contributed by atoms with Crippen LogP contribution in [0.2, 0.25) is 0 Å². The number of imidazole rings is 1. The first kappa shape index (κ1) is 12.9. The van der Waals surface area contributed by atoms with Gasteiger partial charge in [0.2, 0.25) is 0 Å². The molecule has 0 radical (unpaired) electrons. The molecular formula is C17H16BrN3. The molecule has 1 fully saturated rings. The fraction of sp³-hybridized carbons (Fsp3) is 0.235. The molecule has 21 heavy (non-hydrogen) atoms. The number of hydrogen-bond acceptors (Lipinski definition) is 2. The molecule has 1 aliphatic carbocycles. The summed E-state index contributed by atoms with van der Waals surface area (Å²) < 4.78 is 3.45. The van der Waals surface area contributed by atoms with E-state index in [0.717, 1.165) is 22.2 Å². The summed E-state index contributed by atoms with van der Waals surface area (Å²) >= 11 is 3.54. The summed E-state index contributed by atoms with van der Waals surface area (Å²) in [5.74, 6) is 1.82. The van der Waals surface area contributed by atoms with Crippen molar-refractivity contribution in [2.75, 3.05) is 5.73 Å². The third-order valence-corrected chi connectivity index (χ3v) is 4.47. The molecule has 1 heterocycles. The topological polar surface area (TPSA) is 43.8 Å². The third kappa shape index (κ3) is 2.44. The Kier molecular flexibility index (Phi) is 3.00. The second kappa shape index (κ2) is 4.88. The number of halogens is 1. The Morgan fingerprint density at radius 3 is 2.81 bits per heavy atom. The summed E-state index contributed by atoms with van der Waals surface area (Å²) in [6.45, 7) is 0.853. The summed E-state index contributed by atoms with van der Waals surface area (Å²) in [6, 6.07) is 14.5. The van der Waals surface area contributed by atoms with Gasteiger partial charge in [-0.15, -0.1) is 0 Å². The van der Waals surface area contributed by atoms with Crippen LogP contribution in [-0.2, 0) is 6.54 Å². The standard InChI is InChI=1S/C17H16BrN3/c18-13-3-1-2-11(8-13)10-21-16-7-6-14(19)9-15(16)20-17(21)12-4-5-12/h1-3,6-9,12H,4-5,10,19H2. The van der Waals surface area contributed by atoms with E-state index in [1.54, 1.807) is 0 Å². The molecule has 1 aromatic heterocycles. The van der Waals surface area contributed by atoms with Crippen LogP contribution in [0.4, 0.5) is 5.69 Å². The molecule has 3 aromatic rings. The highest BCUT2D eigenvalue weighted by atomic mass is 79.9. The molecular weight excluding hydrogens is 326 g/mol. The first-order chi connectivity index (χ1) is 10.2. The third-order valence-electron chi connectivity index (χ3n) is 3.97. The minimum absolute atomic E-state index is 0.616. The molecule has 1 saturated carbocycles. The van der Waals surface area contributed by atoms with Crippen LogP contribution in [0.1, 0.15) is 30.1 Å². The Morgan fingerprint density at radius 1 is 1.19 bits per heavy atom. The summed E-state index contributed by atoms with van der Waals surface area (Å²) in [7, 11) is 0. The number of aromatic nitrogens is 2. The van der Waals surface area contributed by atoms with Crippen molar-refractivity contribution in [1.29, 1.82) is 0 Å². The van der Waals surface area contributed by atoms with E-state index in [1.807, 2.05) is 12.1 Å². The first-order valence-corrected chi connectivity index (χ1v) is 8.00. The fourth-order valence-electron chi connectivity index (χ4n) is 2.80. The van der Waals surface area contributed by atoms with Crippen molar-refractivity contribution in [3.05, 3.63) is 58.3 Å². The van der Waals surface area contributed by atoms with Crippen LogP contribution in [0.3, 0.4) is 0 Å². The van der Waals surface area contributed by atoms with Gasteiger partial charge in [-0.2, -0.15) is 0 Å². The van der Waals surface area contributed by atoms with Crippen LogP contribution in [-0.4, -0.2) is 9.55 Å². The molecule has 3 nitrogen and oxygen atoms in total. The van der Waals surface area contributed by atoms with Crippen molar-refractivity contribution >= 4 is 32.7 Å². The van der Waals surface area contributed by atoms with Gasteiger partial charge in [0, 0.05) is 22.6 Å². The van der Waals surface area contributed by atoms with Gasteiger partial charge in [-0.25, -0.2) is 4.98 Å². The van der Waals surface area contributed by atoms with E-state index < -0.39 is 0 Å². The zero-order valence-electron chi connectivity index (χ0n) is 11.6. The molecule has 1 aliphatic rings. The average molecular weight is 342 g/mol. The average Bonchev–Trinajstić information content (AvgIpc) is 3.23. The predicted octanol–water partition coefficient (Wildman–Crippen LogP) is 4.31. The highest BCUT2D eigenvalue weighted by molar-refractivity contribution is 9.10. The monoisotopic (exact) mass is 341 g/mol. The van der Waals surface area contributed by atoms with Crippen molar-refractivity contribution in [2.45, 2.75) is 25.3 Å². The van der Waals surface area contributed by atoms with E-state index in [4.69, 9.17) is 10.7 Å². The van der Waals surface area contributed by atoms with Gasteiger partial charge in [-0.3, -0.25) is 0 Å². The van der Waals surface area contributed by atoms with Gasteiger partial charge in [0.1, 0.15) is 5.82 Å². The second-order valence-electron chi connectivity index (χ2n) is 5.71. The van der Waals surface area contributed by atoms with Crippen molar-refractivity contribution < 1.29 is 0 Å². The van der Waals surface area contributed by atoms with E-state index in [1.165, 1.54) is 29.7 Å². The van der Waals surface area contributed by atoms with E-state index in [2.05, 4.69) is 50.8 Å². The van der Waals surface area contributed by atoms with Gasteiger partial charge in [-0.05, 0) is 48.7 Å². The largest absolute Gasteiger partial charge is 0.399 e. The van der Waals surface area contributed by atoms with Crippen LogP contribution < -0.4 is 5.73 Å². The lowest BCUT2D eigenvalue weighted by molar-refractivity contribution is 0.746. The number of hydrogen-bond donors (Lipinski definition) is 1. The van der Waals surface area contributed by atoms with Crippen molar-refractivity contribution in [3.8, 4) is 0 Å². The molecule has 0 atom stereocenters. The van der Waals surface area contributed by atoms with E-state index in [0.29, 0.717) is 5.92 Å². The van der Waals surface area contributed by atoms with Crippen LogP contribution in [0, 0.1) is 0 Å². The molecule has 0 spiro atoms. The first-order valence-electron chi connectivity index (χ1n) is 7.21. The quantitative estimate of drug-likeness (QED) is 0.721. The maximum atomic E-state index is 5.89. The van der Waals surface area contributed by atoms with Crippen LogP contribution in [0.15, 0.2) is 46.9 Å². The summed E-state index contributed by atoms with van der Waals surface area (Å²) in [5, 5.41) is 0. The maximum Gasteiger partial charge on any atom is 0.113 e.